The molecule has 1 aromatic carbocycles. The van der Waals surface area contributed by atoms with Crippen LogP contribution in [0.4, 0.5) is 5.69 Å². The van der Waals surface area contributed by atoms with Gasteiger partial charge in [-0.25, -0.2) is 0 Å². The quantitative estimate of drug-likeness (QED) is 0.832. The van der Waals surface area contributed by atoms with E-state index in [1.165, 1.54) is 25.7 Å². The van der Waals surface area contributed by atoms with Crippen LogP contribution in [0.2, 0.25) is 0 Å². The minimum atomic E-state index is -0.105. The predicted octanol–water partition coefficient (Wildman–Crippen LogP) is 3.49. The second-order valence-corrected chi connectivity index (χ2v) is 5.51. The summed E-state index contributed by atoms with van der Waals surface area (Å²) in [4.78, 5) is 11.3. The summed E-state index contributed by atoms with van der Waals surface area (Å²) >= 11 is 6.54. The number of alkyl halides is 1. The van der Waals surface area contributed by atoms with E-state index in [0.717, 1.165) is 17.0 Å². The summed E-state index contributed by atoms with van der Waals surface area (Å²) in [6.45, 7) is 0.0965. The van der Waals surface area contributed by atoms with Crippen molar-refractivity contribution in [1.82, 2.24) is 0 Å². The molecule has 0 aromatic heterocycles. The molecule has 1 aliphatic carbocycles. The molecule has 1 atom stereocenters. The molecular weight excluding hydrogens is 250 g/mol. The van der Waals surface area contributed by atoms with Crippen LogP contribution in [0.15, 0.2) is 18.2 Å². The van der Waals surface area contributed by atoms with Gasteiger partial charge in [0.05, 0.1) is 11.1 Å². The van der Waals surface area contributed by atoms with Gasteiger partial charge in [-0.05, 0) is 36.5 Å². The maximum absolute atomic E-state index is 11.3. The van der Waals surface area contributed by atoms with Crippen LogP contribution in [0.3, 0.4) is 0 Å². The van der Waals surface area contributed by atoms with Gasteiger partial charge in [0.15, 0.2) is 6.61 Å². The molecule has 1 amide bonds. The van der Waals surface area contributed by atoms with Crippen molar-refractivity contribution >= 4 is 23.2 Å². The molecule has 4 heteroatoms. The minimum Gasteiger partial charge on any atom is -0.482 e. The summed E-state index contributed by atoms with van der Waals surface area (Å²) in [7, 11) is 0. The van der Waals surface area contributed by atoms with E-state index in [9.17, 15) is 4.79 Å². The Kier molecular flexibility index (Phi) is 3.16. The van der Waals surface area contributed by atoms with Crippen LogP contribution in [0.1, 0.15) is 36.6 Å². The summed E-state index contributed by atoms with van der Waals surface area (Å²) in [5, 5.41) is 2.86. The van der Waals surface area contributed by atoms with E-state index in [0.29, 0.717) is 5.92 Å². The standard InChI is InChI=1S/C14H16ClNO2/c15-14(9-3-1-2-4-9)10-5-6-12-11(7-10)16-13(17)8-18-12/h5-7,9,14H,1-4,8H2,(H,16,17). The highest BCUT2D eigenvalue weighted by Gasteiger charge is 2.26. The molecule has 1 aliphatic heterocycles. The first-order chi connectivity index (χ1) is 8.74. The molecule has 0 radical (unpaired) electrons. The number of hydrogen-bond donors (Lipinski definition) is 1. The normalized spacial score (nSPS) is 21.1. The molecule has 2 aliphatic rings. The Balaban J connectivity index is 1.84. The fraction of sp³-hybridized carbons (Fsp3) is 0.500. The van der Waals surface area contributed by atoms with Crippen molar-refractivity contribution in [2.45, 2.75) is 31.1 Å². The van der Waals surface area contributed by atoms with Crippen molar-refractivity contribution < 1.29 is 9.53 Å². The second-order valence-electron chi connectivity index (χ2n) is 5.04. The van der Waals surface area contributed by atoms with Gasteiger partial charge in [0.1, 0.15) is 5.75 Å². The highest BCUT2D eigenvalue weighted by Crippen LogP contribution is 2.42. The minimum absolute atomic E-state index is 0.0385. The number of benzene rings is 1. The Labute approximate surface area is 111 Å². The Morgan fingerprint density at radius 1 is 1.33 bits per heavy atom. The van der Waals surface area contributed by atoms with Gasteiger partial charge in [0, 0.05) is 0 Å². The average Bonchev–Trinajstić information content (AvgIpc) is 2.90. The van der Waals surface area contributed by atoms with E-state index in [-0.39, 0.29) is 17.9 Å². The smallest absolute Gasteiger partial charge is 0.262 e. The first-order valence-electron chi connectivity index (χ1n) is 6.45. The zero-order valence-corrected chi connectivity index (χ0v) is 10.9. The summed E-state index contributed by atoms with van der Waals surface area (Å²) in [6.07, 6.45) is 4.96. The second kappa shape index (κ2) is 4.81. The molecule has 3 nitrogen and oxygen atoms in total. The van der Waals surface area contributed by atoms with Gasteiger partial charge in [0.2, 0.25) is 0 Å². The number of amides is 1. The molecule has 96 valence electrons. The molecule has 1 fully saturated rings. The molecule has 0 spiro atoms. The lowest BCUT2D eigenvalue weighted by molar-refractivity contribution is -0.118. The highest BCUT2D eigenvalue weighted by molar-refractivity contribution is 6.21. The maximum atomic E-state index is 11.3. The van der Waals surface area contributed by atoms with Gasteiger partial charge in [0.25, 0.3) is 5.91 Å². The van der Waals surface area contributed by atoms with Crippen molar-refractivity contribution in [1.29, 1.82) is 0 Å². The number of nitrogens with one attached hydrogen (secondary N) is 1. The lowest BCUT2D eigenvalue weighted by atomic mass is 9.96. The zero-order valence-electron chi connectivity index (χ0n) is 10.1. The van der Waals surface area contributed by atoms with Crippen molar-refractivity contribution in [2.24, 2.45) is 5.92 Å². The Bertz CT molecular complexity index is 469. The number of carbonyl (C=O) groups excluding carboxylic acids is 1. The number of halogens is 1. The van der Waals surface area contributed by atoms with Crippen molar-refractivity contribution in [3.63, 3.8) is 0 Å². The molecule has 1 heterocycles. The van der Waals surface area contributed by atoms with Gasteiger partial charge >= 0.3 is 0 Å². The summed E-state index contributed by atoms with van der Waals surface area (Å²) in [5.41, 5.74) is 1.82. The fourth-order valence-corrected chi connectivity index (χ4v) is 3.18. The van der Waals surface area contributed by atoms with E-state index in [4.69, 9.17) is 16.3 Å². The van der Waals surface area contributed by atoms with E-state index >= 15 is 0 Å². The number of hydrogen-bond acceptors (Lipinski definition) is 2. The van der Waals surface area contributed by atoms with Gasteiger partial charge in [-0.3, -0.25) is 4.79 Å². The van der Waals surface area contributed by atoms with Gasteiger partial charge in [-0.15, -0.1) is 11.6 Å². The third-order valence-corrected chi connectivity index (χ3v) is 4.38. The van der Waals surface area contributed by atoms with Crippen LogP contribution >= 0.6 is 11.6 Å². The predicted molar refractivity (Wildman–Crippen MR) is 71.1 cm³/mol. The van der Waals surface area contributed by atoms with Gasteiger partial charge in [-0.1, -0.05) is 18.9 Å². The fourth-order valence-electron chi connectivity index (χ4n) is 2.79. The Morgan fingerprint density at radius 3 is 2.89 bits per heavy atom. The Morgan fingerprint density at radius 2 is 2.11 bits per heavy atom. The molecular formula is C14H16ClNO2. The molecule has 1 N–H and O–H groups in total. The molecule has 3 rings (SSSR count). The average molecular weight is 266 g/mol. The third-order valence-electron chi connectivity index (χ3n) is 3.77. The van der Waals surface area contributed by atoms with Gasteiger partial charge in [-0.2, -0.15) is 0 Å². The lowest BCUT2D eigenvalue weighted by Crippen LogP contribution is -2.25. The van der Waals surface area contributed by atoms with Crippen LogP contribution in [-0.2, 0) is 4.79 Å². The first-order valence-corrected chi connectivity index (χ1v) is 6.88. The number of fused-ring (bicyclic) bond motifs is 1. The van der Waals surface area contributed by atoms with E-state index in [1.54, 1.807) is 0 Å². The number of rotatable bonds is 2. The number of carbonyl (C=O) groups is 1. The third kappa shape index (κ3) is 2.19. The topological polar surface area (TPSA) is 38.3 Å². The number of anilines is 1. The van der Waals surface area contributed by atoms with E-state index < -0.39 is 0 Å². The van der Waals surface area contributed by atoms with Crippen LogP contribution in [0.25, 0.3) is 0 Å². The molecule has 1 aromatic rings. The SMILES string of the molecule is O=C1COc2ccc(C(Cl)C3CCCC3)cc2N1. The van der Waals surface area contributed by atoms with Crippen molar-refractivity contribution in [3.05, 3.63) is 23.8 Å². The summed E-state index contributed by atoms with van der Waals surface area (Å²) in [6, 6.07) is 5.85. The monoisotopic (exact) mass is 265 g/mol. The summed E-state index contributed by atoms with van der Waals surface area (Å²) in [5.74, 6) is 1.19. The molecule has 1 saturated carbocycles. The summed E-state index contributed by atoms with van der Waals surface area (Å²) < 4.78 is 5.34. The number of ether oxygens (including phenoxy) is 1. The first kappa shape index (κ1) is 11.8. The maximum Gasteiger partial charge on any atom is 0.262 e. The zero-order chi connectivity index (χ0) is 12.5. The van der Waals surface area contributed by atoms with Crippen LogP contribution in [0.5, 0.6) is 5.75 Å². The molecule has 0 bridgehead atoms. The molecule has 0 saturated heterocycles. The largest absolute Gasteiger partial charge is 0.482 e. The molecule has 1 unspecified atom stereocenters. The Hall–Kier alpha value is -1.22. The molecule has 18 heavy (non-hydrogen) atoms. The van der Waals surface area contributed by atoms with Crippen LogP contribution in [0, 0.1) is 5.92 Å². The van der Waals surface area contributed by atoms with Crippen molar-refractivity contribution in [2.75, 3.05) is 11.9 Å². The van der Waals surface area contributed by atoms with E-state index in [2.05, 4.69) is 5.32 Å². The van der Waals surface area contributed by atoms with Crippen LogP contribution in [-0.4, -0.2) is 12.5 Å². The highest BCUT2D eigenvalue weighted by atomic mass is 35.5. The van der Waals surface area contributed by atoms with Crippen LogP contribution < -0.4 is 10.1 Å². The van der Waals surface area contributed by atoms with E-state index in [1.807, 2.05) is 18.2 Å². The lowest BCUT2D eigenvalue weighted by Gasteiger charge is -2.22. The van der Waals surface area contributed by atoms with Crippen molar-refractivity contribution in [3.8, 4) is 5.75 Å². The van der Waals surface area contributed by atoms with Gasteiger partial charge < -0.3 is 10.1 Å².